The lowest BCUT2D eigenvalue weighted by Crippen LogP contribution is -2.48. The van der Waals surface area contributed by atoms with Crippen molar-refractivity contribution < 1.29 is 9.53 Å². The first-order chi connectivity index (χ1) is 10.8. The van der Waals surface area contributed by atoms with Crippen LogP contribution in [0.15, 0.2) is 60.7 Å². The molecule has 0 radical (unpaired) electrons. The predicted octanol–water partition coefficient (Wildman–Crippen LogP) is 3.15. The van der Waals surface area contributed by atoms with Gasteiger partial charge in [-0.15, -0.1) is 0 Å². The van der Waals surface area contributed by atoms with Crippen molar-refractivity contribution >= 4 is 11.8 Å². The summed E-state index contributed by atoms with van der Waals surface area (Å²) < 4.78 is 5.38. The summed E-state index contributed by atoms with van der Waals surface area (Å²) in [6.07, 6.45) is -0.225. The lowest BCUT2D eigenvalue weighted by Gasteiger charge is -2.35. The summed E-state index contributed by atoms with van der Waals surface area (Å²) in [5.74, 6) is 0. The van der Waals surface area contributed by atoms with Gasteiger partial charge in [-0.1, -0.05) is 48.5 Å². The molecular weight excluding hydrogens is 276 g/mol. The molecule has 1 amide bonds. The first-order valence-electron chi connectivity index (χ1n) is 7.58. The van der Waals surface area contributed by atoms with Crippen molar-refractivity contribution in [3.63, 3.8) is 0 Å². The summed E-state index contributed by atoms with van der Waals surface area (Å²) in [7, 11) is 0. The number of para-hydroxylation sites is 1. The molecule has 4 heteroatoms. The average Bonchev–Trinajstić information content (AvgIpc) is 2.61. The fourth-order valence-electron chi connectivity index (χ4n) is 2.60. The second-order valence-corrected chi connectivity index (χ2v) is 5.35. The number of anilines is 1. The van der Waals surface area contributed by atoms with E-state index in [1.54, 1.807) is 4.90 Å². The van der Waals surface area contributed by atoms with Crippen molar-refractivity contribution in [2.75, 3.05) is 31.1 Å². The highest BCUT2D eigenvalue weighted by molar-refractivity contribution is 5.68. The van der Waals surface area contributed by atoms with Gasteiger partial charge in [0.2, 0.25) is 0 Å². The summed E-state index contributed by atoms with van der Waals surface area (Å²) in [5, 5.41) is 0. The highest BCUT2D eigenvalue weighted by Gasteiger charge is 2.22. The zero-order valence-corrected chi connectivity index (χ0v) is 12.5. The Bertz CT molecular complexity index is 593. The molecule has 1 aliphatic heterocycles. The predicted molar refractivity (Wildman–Crippen MR) is 86.9 cm³/mol. The van der Waals surface area contributed by atoms with Crippen LogP contribution in [0, 0.1) is 0 Å². The molecule has 0 aromatic heterocycles. The van der Waals surface area contributed by atoms with E-state index in [4.69, 9.17) is 4.74 Å². The van der Waals surface area contributed by atoms with E-state index in [1.165, 1.54) is 5.69 Å². The molecule has 0 unspecified atom stereocenters. The molecule has 2 aromatic rings. The number of hydrogen-bond donors (Lipinski definition) is 0. The van der Waals surface area contributed by atoms with Gasteiger partial charge in [-0.25, -0.2) is 4.79 Å². The van der Waals surface area contributed by atoms with Gasteiger partial charge in [-0.05, 0) is 17.7 Å². The van der Waals surface area contributed by atoms with Crippen LogP contribution in [-0.2, 0) is 11.3 Å². The summed E-state index contributed by atoms with van der Waals surface area (Å²) in [6, 6.07) is 20.1. The van der Waals surface area contributed by atoms with Gasteiger partial charge in [0.25, 0.3) is 0 Å². The van der Waals surface area contributed by atoms with Crippen LogP contribution in [-0.4, -0.2) is 37.2 Å². The van der Waals surface area contributed by atoms with Gasteiger partial charge in [0.1, 0.15) is 6.61 Å². The van der Waals surface area contributed by atoms with Crippen LogP contribution in [0.25, 0.3) is 0 Å². The van der Waals surface area contributed by atoms with Gasteiger partial charge in [-0.2, -0.15) is 0 Å². The van der Waals surface area contributed by atoms with E-state index in [0.29, 0.717) is 19.7 Å². The number of carbonyl (C=O) groups is 1. The molecule has 1 fully saturated rings. The van der Waals surface area contributed by atoms with E-state index >= 15 is 0 Å². The maximum atomic E-state index is 12.1. The first kappa shape index (κ1) is 14.4. The lowest BCUT2D eigenvalue weighted by atomic mass is 10.2. The Morgan fingerprint density at radius 3 is 2.09 bits per heavy atom. The number of piperazine rings is 1. The van der Waals surface area contributed by atoms with E-state index in [1.807, 2.05) is 48.5 Å². The van der Waals surface area contributed by atoms with Gasteiger partial charge >= 0.3 is 6.09 Å². The Morgan fingerprint density at radius 1 is 0.864 bits per heavy atom. The number of amides is 1. The zero-order valence-electron chi connectivity index (χ0n) is 12.5. The highest BCUT2D eigenvalue weighted by Crippen LogP contribution is 2.16. The van der Waals surface area contributed by atoms with Crippen molar-refractivity contribution in [3.8, 4) is 0 Å². The number of rotatable bonds is 3. The molecule has 0 saturated carbocycles. The second kappa shape index (κ2) is 6.98. The number of benzene rings is 2. The molecule has 0 N–H and O–H groups in total. The molecular formula is C18H20N2O2. The smallest absolute Gasteiger partial charge is 0.410 e. The maximum absolute atomic E-state index is 12.1. The van der Waals surface area contributed by atoms with Gasteiger partial charge in [-0.3, -0.25) is 0 Å². The minimum absolute atomic E-state index is 0.225. The molecule has 0 atom stereocenters. The number of nitrogens with zero attached hydrogens (tertiary/aromatic N) is 2. The minimum atomic E-state index is -0.225. The van der Waals surface area contributed by atoms with Gasteiger partial charge in [0.15, 0.2) is 0 Å². The van der Waals surface area contributed by atoms with Gasteiger partial charge in [0.05, 0.1) is 0 Å². The minimum Gasteiger partial charge on any atom is -0.445 e. The molecule has 22 heavy (non-hydrogen) atoms. The quantitative estimate of drug-likeness (QED) is 0.872. The summed E-state index contributed by atoms with van der Waals surface area (Å²) in [5.41, 5.74) is 2.22. The number of carbonyl (C=O) groups excluding carboxylic acids is 1. The van der Waals surface area contributed by atoms with Crippen LogP contribution < -0.4 is 4.90 Å². The molecule has 4 nitrogen and oxygen atoms in total. The monoisotopic (exact) mass is 296 g/mol. The lowest BCUT2D eigenvalue weighted by molar-refractivity contribution is 0.0942. The van der Waals surface area contributed by atoms with Gasteiger partial charge < -0.3 is 14.5 Å². The van der Waals surface area contributed by atoms with Crippen LogP contribution in [0.3, 0.4) is 0 Å². The van der Waals surface area contributed by atoms with E-state index in [0.717, 1.165) is 18.7 Å². The Balaban J connectivity index is 1.48. The fourth-order valence-corrected chi connectivity index (χ4v) is 2.60. The van der Waals surface area contributed by atoms with Crippen molar-refractivity contribution in [3.05, 3.63) is 66.2 Å². The molecule has 114 valence electrons. The SMILES string of the molecule is O=C(OCc1ccccc1)N1CCN(c2ccccc2)CC1. The van der Waals surface area contributed by atoms with Crippen LogP contribution in [0.1, 0.15) is 5.56 Å². The third-order valence-electron chi connectivity index (χ3n) is 3.86. The van der Waals surface area contributed by atoms with Crippen molar-refractivity contribution in [1.82, 2.24) is 4.90 Å². The zero-order chi connectivity index (χ0) is 15.2. The number of ether oxygens (including phenoxy) is 1. The van der Waals surface area contributed by atoms with Crippen molar-refractivity contribution in [2.24, 2.45) is 0 Å². The highest BCUT2D eigenvalue weighted by atomic mass is 16.6. The summed E-state index contributed by atoms with van der Waals surface area (Å²) in [6.45, 7) is 3.40. The molecule has 0 bridgehead atoms. The molecule has 1 saturated heterocycles. The van der Waals surface area contributed by atoms with E-state index < -0.39 is 0 Å². The first-order valence-corrected chi connectivity index (χ1v) is 7.58. The third-order valence-corrected chi connectivity index (χ3v) is 3.86. The molecule has 3 rings (SSSR count). The fraction of sp³-hybridized carbons (Fsp3) is 0.278. The largest absolute Gasteiger partial charge is 0.445 e. The second-order valence-electron chi connectivity index (χ2n) is 5.35. The normalized spacial score (nSPS) is 14.7. The maximum Gasteiger partial charge on any atom is 0.410 e. The Kier molecular flexibility index (Phi) is 4.59. The van der Waals surface area contributed by atoms with E-state index in [9.17, 15) is 4.79 Å². The molecule has 1 heterocycles. The Hall–Kier alpha value is -2.49. The number of hydrogen-bond acceptors (Lipinski definition) is 3. The molecule has 2 aromatic carbocycles. The van der Waals surface area contributed by atoms with Crippen LogP contribution in [0.2, 0.25) is 0 Å². The van der Waals surface area contributed by atoms with Crippen LogP contribution in [0.5, 0.6) is 0 Å². The van der Waals surface area contributed by atoms with E-state index in [2.05, 4.69) is 17.0 Å². The molecule has 0 spiro atoms. The Labute approximate surface area is 130 Å². The molecule has 1 aliphatic rings. The average molecular weight is 296 g/mol. The van der Waals surface area contributed by atoms with Crippen LogP contribution >= 0.6 is 0 Å². The Morgan fingerprint density at radius 2 is 1.45 bits per heavy atom. The third kappa shape index (κ3) is 3.58. The van der Waals surface area contributed by atoms with Crippen LogP contribution in [0.4, 0.5) is 10.5 Å². The van der Waals surface area contributed by atoms with Gasteiger partial charge in [0, 0.05) is 31.9 Å². The summed E-state index contributed by atoms with van der Waals surface area (Å²) in [4.78, 5) is 16.2. The molecule has 0 aliphatic carbocycles. The van der Waals surface area contributed by atoms with Crippen molar-refractivity contribution in [1.29, 1.82) is 0 Å². The van der Waals surface area contributed by atoms with E-state index in [-0.39, 0.29) is 6.09 Å². The summed E-state index contributed by atoms with van der Waals surface area (Å²) >= 11 is 0. The standard InChI is InChI=1S/C18H20N2O2/c21-18(22-15-16-7-3-1-4-8-16)20-13-11-19(12-14-20)17-9-5-2-6-10-17/h1-10H,11-15H2. The van der Waals surface area contributed by atoms with Crippen molar-refractivity contribution in [2.45, 2.75) is 6.61 Å². The topological polar surface area (TPSA) is 32.8 Å².